The van der Waals surface area contributed by atoms with Gasteiger partial charge < -0.3 is 4.74 Å². The van der Waals surface area contributed by atoms with Gasteiger partial charge in [-0.15, -0.1) is 0 Å². The summed E-state index contributed by atoms with van der Waals surface area (Å²) in [5.74, 6) is 0.858. The van der Waals surface area contributed by atoms with E-state index in [0.29, 0.717) is 0 Å². The monoisotopic (exact) mass is 212 g/mol. The maximum atomic E-state index is 5.09. The molecule has 0 aliphatic rings. The third-order valence-corrected chi connectivity index (χ3v) is 2.15. The lowest BCUT2D eigenvalue weighted by Crippen LogP contribution is -1.82. The molecule has 0 saturated carbocycles. The highest BCUT2D eigenvalue weighted by Crippen LogP contribution is 2.13. The standard InChI is InChI=1S/C13H12N2O/c1-16-13-6-3-11(4-7-13)2-5-12-10-14-8-9-15-12/h2-10H,1H3. The van der Waals surface area contributed by atoms with Crippen LogP contribution in [-0.2, 0) is 0 Å². The molecule has 0 bridgehead atoms. The zero-order chi connectivity index (χ0) is 11.2. The summed E-state index contributed by atoms with van der Waals surface area (Å²) in [6, 6.07) is 7.84. The number of aromatic nitrogens is 2. The predicted molar refractivity (Wildman–Crippen MR) is 64.0 cm³/mol. The van der Waals surface area contributed by atoms with E-state index in [1.807, 2.05) is 36.4 Å². The Balaban J connectivity index is 2.12. The molecular formula is C13H12N2O. The number of ether oxygens (including phenoxy) is 1. The van der Waals surface area contributed by atoms with Crippen molar-refractivity contribution in [2.75, 3.05) is 7.11 Å². The Morgan fingerprint density at radius 2 is 1.88 bits per heavy atom. The van der Waals surface area contributed by atoms with Crippen molar-refractivity contribution in [2.45, 2.75) is 0 Å². The summed E-state index contributed by atoms with van der Waals surface area (Å²) >= 11 is 0. The van der Waals surface area contributed by atoms with Crippen LogP contribution in [0.25, 0.3) is 12.2 Å². The van der Waals surface area contributed by atoms with Crippen LogP contribution in [0.2, 0.25) is 0 Å². The van der Waals surface area contributed by atoms with E-state index in [4.69, 9.17) is 4.74 Å². The highest BCUT2D eigenvalue weighted by atomic mass is 16.5. The average Bonchev–Trinajstić information content (AvgIpc) is 2.38. The second-order valence-electron chi connectivity index (χ2n) is 3.24. The summed E-state index contributed by atoms with van der Waals surface area (Å²) in [5, 5.41) is 0. The van der Waals surface area contributed by atoms with E-state index in [0.717, 1.165) is 17.0 Å². The molecule has 0 fully saturated rings. The van der Waals surface area contributed by atoms with Gasteiger partial charge in [-0.2, -0.15) is 0 Å². The van der Waals surface area contributed by atoms with Gasteiger partial charge in [0.15, 0.2) is 0 Å². The minimum atomic E-state index is 0.846. The van der Waals surface area contributed by atoms with Crippen LogP contribution >= 0.6 is 0 Å². The first kappa shape index (κ1) is 10.4. The van der Waals surface area contributed by atoms with Crippen molar-refractivity contribution in [1.82, 2.24) is 9.97 Å². The fourth-order valence-electron chi connectivity index (χ4n) is 1.29. The van der Waals surface area contributed by atoms with Crippen LogP contribution in [0.1, 0.15) is 11.3 Å². The molecule has 0 radical (unpaired) electrons. The maximum Gasteiger partial charge on any atom is 0.118 e. The summed E-state index contributed by atoms with van der Waals surface area (Å²) in [7, 11) is 1.66. The largest absolute Gasteiger partial charge is 0.497 e. The smallest absolute Gasteiger partial charge is 0.118 e. The second-order valence-corrected chi connectivity index (χ2v) is 3.24. The van der Waals surface area contributed by atoms with Gasteiger partial charge in [0.1, 0.15) is 5.75 Å². The molecular weight excluding hydrogens is 200 g/mol. The number of hydrogen-bond donors (Lipinski definition) is 0. The maximum absolute atomic E-state index is 5.09. The van der Waals surface area contributed by atoms with Crippen LogP contribution in [0.15, 0.2) is 42.9 Å². The van der Waals surface area contributed by atoms with E-state index in [2.05, 4.69) is 9.97 Å². The summed E-state index contributed by atoms with van der Waals surface area (Å²) in [5.41, 5.74) is 1.95. The van der Waals surface area contributed by atoms with Crippen LogP contribution in [0.3, 0.4) is 0 Å². The summed E-state index contributed by atoms with van der Waals surface area (Å²) in [6.45, 7) is 0. The van der Waals surface area contributed by atoms with Gasteiger partial charge in [0.2, 0.25) is 0 Å². The normalized spacial score (nSPS) is 10.6. The number of hydrogen-bond acceptors (Lipinski definition) is 3. The molecule has 0 N–H and O–H groups in total. The summed E-state index contributed by atoms with van der Waals surface area (Å²) in [6.07, 6.45) is 8.97. The molecule has 0 atom stereocenters. The lowest BCUT2D eigenvalue weighted by atomic mass is 10.2. The quantitative estimate of drug-likeness (QED) is 0.784. The Morgan fingerprint density at radius 3 is 2.50 bits per heavy atom. The number of rotatable bonds is 3. The van der Waals surface area contributed by atoms with Crippen LogP contribution in [0.4, 0.5) is 0 Å². The van der Waals surface area contributed by atoms with Crippen molar-refractivity contribution in [3.05, 3.63) is 54.1 Å². The highest BCUT2D eigenvalue weighted by Gasteiger charge is 1.90. The van der Waals surface area contributed by atoms with E-state index in [-0.39, 0.29) is 0 Å². The van der Waals surface area contributed by atoms with Crippen LogP contribution in [0, 0.1) is 0 Å². The van der Waals surface area contributed by atoms with Gasteiger partial charge in [0.05, 0.1) is 19.0 Å². The van der Waals surface area contributed by atoms with Crippen LogP contribution in [-0.4, -0.2) is 17.1 Å². The molecule has 0 amide bonds. The number of nitrogens with zero attached hydrogens (tertiary/aromatic N) is 2. The van der Waals surface area contributed by atoms with Crippen LogP contribution < -0.4 is 4.74 Å². The first-order chi connectivity index (χ1) is 7.88. The fraction of sp³-hybridized carbons (Fsp3) is 0.0769. The van der Waals surface area contributed by atoms with Gasteiger partial charge in [-0.25, -0.2) is 0 Å². The molecule has 2 rings (SSSR count). The molecule has 3 heteroatoms. The van der Waals surface area contributed by atoms with Crippen molar-refractivity contribution >= 4 is 12.2 Å². The minimum absolute atomic E-state index is 0.846. The van der Waals surface area contributed by atoms with Crippen molar-refractivity contribution in [3.63, 3.8) is 0 Å². The molecule has 1 aromatic heterocycles. The molecule has 0 spiro atoms. The Labute approximate surface area is 94.4 Å². The first-order valence-electron chi connectivity index (χ1n) is 4.96. The third-order valence-electron chi connectivity index (χ3n) is 2.15. The van der Waals surface area contributed by atoms with E-state index in [1.54, 1.807) is 25.7 Å². The Morgan fingerprint density at radius 1 is 1.06 bits per heavy atom. The lowest BCUT2D eigenvalue weighted by molar-refractivity contribution is 0.415. The summed E-state index contributed by atoms with van der Waals surface area (Å²) in [4.78, 5) is 8.14. The van der Waals surface area contributed by atoms with E-state index >= 15 is 0 Å². The van der Waals surface area contributed by atoms with Crippen molar-refractivity contribution in [2.24, 2.45) is 0 Å². The Kier molecular flexibility index (Phi) is 3.28. The van der Waals surface area contributed by atoms with Crippen molar-refractivity contribution in [3.8, 4) is 5.75 Å². The fourth-order valence-corrected chi connectivity index (χ4v) is 1.29. The zero-order valence-corrected chi connectivity index (χ0v) is 9.00. The molecule has 16 heavy (non-hydrogen) atoms. The first-order valence-corrected chi connectivity index (χ1v) is 4.96. The molecule has 0 saturated heterocycles. The number of methoxy groups -OCH3 is 1. The molecule has 3 nitrogen and oxygen atoms in total. The molecule has 1 heterocycles. The van der Waals surface area contributed by atoms with Crippen molar-refractivity contribution in [1.29, 1.82) is 0 Å². The Hall–Kier alpha value is -2.16. The molecule has 0 aliphatic heterocycles. The van der Waals surface area contributed by atoms with E-state index in [9.17, 15) is 0 Å². The SMILES string of the molecule is COc1ccc(C=Cc2cnccn2)cc1. The van der Waals surface area contributed by atoms with E-state index < -0.39 is 0 Å². The van der Waals surface area contributed by atoms with Gasteiger partial charge >= 0.3 is 0 Å². The third kappa shape index (κ3) is 2.67. The minimum Gasteiger partial charge on any atom is -0.497 e. The van der Waals surface area contributed by atoms with Crippen LogP contribution in [0.5, 0.6) is 5.75 Å². The van der Waals surface area contributed by atoms with Gasteiger partial charge in [0.25, 0.3) is 0 Å². The zero-order valence-electron chi connectivity index (χ0n) is 9.00. The number of benzene rings is 1. The molecule has 2 aromatic rings. The summed E-state index contributed by atoms with van der Waals surface area (Å²) < 4.78 is 5.09. The molecule has 80 valence electrons. The van der Waals surface area contributed by atoms with Gasteiger partial charge in [-0.3, -0.25) is 9.97 Å². The van der Waals surface area contributed by atoms with E-state index in [1.165, 1.54) is 0 Å². The van der Waals surface area contributed by atoms with Gasteiger partial charge in [0, 0.05) is 12.4 Å². The highest BCUT2D eigenvalue weighted by molar-refractivity contribution is 5.67. The average molecular weight is 212 g/mol. The molecule has 1 aromatic carbocycles. The van der Waals surface area contributed by atoms with Gasteiger partial charge in [-0.1, -0.05) is 18.2 Å². The topological polar surface area (TPSA) is 35.0 Å². The lowest BCUT2D eigenvalue weighted by Gasteiger charge is -1.98. The molecule has 0 unspecified atom stereocenters. The predicted octanol–water partition coefficient (Wildman–Crippen LogP) is 2.66. The Bertz CT molecular complexity index is 463. The van der Waals surface area contributed by atoms with Gasteiger partial charge in [-0.05, 0) is 23.8 Å². The van der Waals surface area contributed by atoms with Crippen molar-refractivity contribution < 1.29 is 4.74 Å². The second kappa shape index (κ2) is 5.07. The molecule has 0 aliphatic carbocycles.